The molecule has 0 aromatic rings. The molecule has 4 atom stereocenters. The van der Waals surface area contributed by atoms with Gasteiger partial charge in [0.25, 0.3) is 0 Å². The number of rotatable bonds is 0. The van der Waals surface area contributed by atoms with Gasteiger partial charge in [-0.25, -0.2) is 0 Å². The van der Waals surface area contributed by atoms with Gasteiger partial charge >= 0.3 is 0 Å². The first-order valence-electron chi connectivity index (χ1n) is 11.6. The quantitative estimate of drug-likeness (QED) is 0.668. The fourth-order valence-corrected chi connectivity index (χ4v) is 5.62. The Labute approximate surface area is 168 Å². The van der Waals surface area contributed by atoms with Crippen LogP contribution in [0.5, 0.6) is 0 Å². The Morgan fingerprint density at radius 1 is 0.630 bits per heavy atom. The van der Waals surface area contributed by atoms with Crippen molar-refractivity contribution in [1.82, 2.24) is 25.3 Å². The zero-order valence-electron chi connectivity index (χ0n) is 18.3. The van der Waals surface area contributed by atoms with Crippen molar-refractivity contribution in [2.75, 3.05) is 80.0 Å². The topological polar surface area (TPSA) is 33.8 Å². The third-order valence-electron chi connectivity index (χ3n) is 7.22. The molecule has 0 spiro atoms. The molecular formula is C22H45N5. The maximum absolute atomic E-state index is 3.57. The summed E-state index contributed by atoms with van der Waals surface area (Å²) in [6.07, 6.45) is 8.50. The number of likely N-dealkylation sites (N-methyl/N-ethyl adjacent to an activating group) is 1. The van der Waals surface area contributed by atoms with Crippen LogP contribution in [0, 0.1) is 17.8 Å². The number of nitrogens with one attached hydrogen (secondary N) is 2. The van der Waals surface area contributed by atoms with E-state index in [2.05, 4.69) is 46.5 Å². The highest BCUT2D eigenvalue weighted by Gasteiger charge is 2.32. The molecule has 5 heterocycles. The minimum atomic E-state index is 0.818. The molecule has 0 aromatic heterocycles. The zero-order chi connectivity index (χ0) is 19.1. The summed E-state index contributed by atoms with van der Waals surface area (Å²) >= 11 is 0. The third kappa shape index (κ3) is 6.97. The molecular weight excluding hydrogens is 334 g/mol. The molecule has 5 saturated heterocycles. The molecule has 5 nitrogen and oxygen atoms in total. The molecule has 5 rings (SSSR count). The standard InChI is InChI=1S/2C8H16N2.C6H13N/c1-10-5-7-2-3-9-4-8(7)6-10;1-10-5-7-3-2-4-9-8(7)6-10;1-7-5-3-2-4-6-7/h2*7-9H,2-6H2,1H3;2-6H2,1H3. The fraction of sp³-hybridized carbons (Fsp3) is 1.00. The second-order valence-electron chi connectivity index (χ2n) is 9.78. The lowest BCUT2D eigenvalue weighted by Crippen LogP contribution is -2.40. The van der Waals surface area contributed by atoms with Crippen LogP contribution in [0.2, 0.25) is 0 Å². The van der Waals surface area contributed by atoms with Crippen molar-refractivity contribution in [3.8, 4) is 0 Å². The van der Waals surface area contributed by atoms with E-state index >= 15 is 0 Å². The summed E-state index contributed by atoms with van der Waals surface area (Å²) in [5.74, 6) is 2.92. The van der Waals surface area contributed by atoms with Crippen LogP contribution in [0.25, 0.3) is 0 Å². The fourth-order valence-electron chi connectivity index (χ4n) is 5.62. The molecule has 4 unspecified atom stereocenters. The molecule has 5 aliphatic heterocycles. The second-order valence-corrected chi connectivity index (χ2v) is 9.78. The van der Waals surface area contributed by atoms with Crippen LogP contribution in [0.3, 0.4) is 0 Å². The maximum Gasteiger partial charge on any atom is 0.0235 e. The molecule has 0 aliphatic carbocycles. The van der Waals surface area contributed by atoms with Crippen LogP contribution in [-0.4, -0.2) is 101 Å². The molecule has 0 amide bonds. The summed E-state index contributed by atoms with van der Waals surface area (Å²) in [6.45, 7) is 11.6. The Morgan fingerprint density at radius 2 is 1.33 bits per heavy atom. The summed E-state index contributed by atoms with van der Waals surface area (Å²) in [7, 11) is 6.65. The molecule has 0 bridgehead atoms. The molecule has 158 valence electrons. The van der Waals surface area contributed by atoms with Crippen molar-refractivity contribution < 1.29 is 0 Å². The van der Waals surface area contributed by atoms with Gasteiger partial charge in [-0.3, -0.25) is 0 Å². The highest BCUT2D eigenvalue weighted by Crippen LogP contribution is 2.26. The molecule has 0 radical (unpaired) electrons. The van der Waals surface area contributed by atoms with Crippen molar-refractivity contribution in [3.05, 3.63) is 0 Å². The summed E-state index contributed by atoms with van der Waals surface area (Å²) < 4.78 is 0. The van der Waals surface area contributed by atoms with Crippen LogP contribution >= 0.6 is 0 Å². The highest BCUT2D eigenvalue weighted by atomic mass is 15.2. The summed E-state index contributed by atoms with van der Waals surface area (Å²) in [4.78, 5) is 7.29. The molecule has 2 N–H and O–H groups in total. The van der Waals surface area contributed by atoms with Gasteiger partial charge in [-0.05, 0) is 104 Å². The molecule has 5 heteroatoms. The van der Waals surface area contributed by atoms with E-state index in [0.717, 1.165) is 23.8 Å². The first kappa shape index (κ1) is 21.5. The van der Waals surface area contributed by atoms with Gasteiger partial charge in [0.05, 0.1) is 0 Å². The molecule has 27 heavy (non-hydrogen) atoms. The van der Waals surface area contributed by atoms with E-state index in [1.807, 2.05) is 0 Å². The van der Waals surface area contributed by atoms with Crippen molar-refractivity contribution >= 4 is 0 Å². The van der Waals surface area contributed by atoms with Gasteiger partial charge in [-0.2, -0.15) is 0 Å². The van der Waals surface area contributed by atoms with Crippen molar-refractivity contribution in [2.24, 2.45) is 17.8 Å². The van der Waals surface area contributed by atoms with Crippen LogP contribution in [-0.2, 0) is 0 Å². The summed E-state index contributed by atoms with van der Waals surface area (Å²) in [5.41, 5.74) is 0. The van der Waals surface area contributed by atoms with Crippen molar-refractivity contribution in [3.63, 3.8) is 0 Å². The van der Waals surface area contributed by atoms with Crippen LogP contribution in [0.15, 0.2) is 0 Å². The first-order chi connectivity index (χ1) is 13.1. The van der Waals surface area contributed by atoms with Gasteiger partial charge in [-0.1, -0.05) is 6.42 Å². The number of nitrogens with zero attached hydrogens (tertiary/aromatic N) is 3. The van der Waals surface area contributed by atoms with E-state index in [9.17, 15) is 0 Å². The number of likely N-dealkylation sites (tertiary alicyclic amines) is 3. The van der Waals surface area contributed by atoms with E-state index in [1.165, 1.54) is 97.4 Å². The minimum absolute atomic E-state index is 0.818. The van der Waals surface area contributed by atoms with E-state index in [1.54, 1.807) is 0 Å². The Bertz CT molecular complexity index is 354. The van der Waals surface area contributed by atoms with Crippen molar-refractivity contribution in [2.45, 2.75) is 44.6 Å². The lowest BCUT2D eigenvalue weighted by molar-refractivity contribution is 0.277. The number of fused-ring (bicyclic) bond motifs is 2. The van der Waals surface area contributed by atoms with E-state index in [0.29, 0.717) is 0 Å². The predicted molar refractivity (Wildman–Crippen MR) is 115 cm³/mol. The van der Waals surface area contributed by atoms with E-state index in [-0.39, 0.29) is 0 Å². The molecule has 5 fully saturated rings. The highest BCUT2D eigenvalue weighted by molar-refractivity contribution is 4.90. The maximum atomic E-state index is 3.57. The monoisotopic (exact) mass is 379 g/mol. The minimum Gasteiger partial charge on any atom is -0.316 e. The zero-order valence-corrected chi connectivity index (χ0v) is 18.3. The Balaban J connectivity index is 0.000000119. The summed E-state index contributed by atoms with van der Waals surface area (Å²) in [6, 6.07) is 0.818. The SMILES string of the molecule is CN1CC2CCCNC2C1.CN1CC2CCNCC2C1.CN1CCCCC1. The van der Waals surface area contributed by atoms with Crippen LogP contribution < -0.4 is 10.6 Å². The average molecular weight is 380 g/mol. The van der Waals surface area contributed by atoms with Gasteiger partial charge in [0.15, 0.2) is 0 Å². The molecule has 0 saturated carbocycles. The average Bonchev–Trinajstić information content (AvgIpc) is 3.23. The van der Waals surface area contributed by atoms with Gasteiger partial charge in [0.1, 0.15) is 0 Å². The first-order valence-corrected chi connectivity index (χ1v) is 11.6. The molecule has 0 aromatic carbocycles. The lowest BCUT2D eigenvalue weighted by Gasteiger charge is -2.24. The van der Waals surface area contributed by atoms with Crippen LogP contribution in [0.1, 0.15) is 38.5 Å². The van der Waals surface area contributed by atoms with Gasteiger partial charge < -0.3 is 25.3 Å². The number of piperidine rings is 3. The number of hydrogen-bond donors (Lipinski definition) is 2. The summed E-state index contributed by atoms with van der Waals surface area (Å²) in [5, 5.41) is 7.02. The van der Waals surface area contributed by atoms with E-state index in [4.69, 9.17) is 0 Å². The second kappa shape index (κ2) is 11.1. The molecule has 5 aliphatic rings. The van der Waals surface area contributed by atoms with Gasteiger partial charge in [0.2, 0.25) is 0 Å². The van der Waals surface area contributed by atoms with Gasteiger partial charge in [0, 0.05) is 32.2 Å². The Hall–Kier alpha value is -0.200. The third-order valence-corrected chi connectivity index (χ3v) is 7.22. The number of hydrogen-bond acceptors (Lipinski definition) is 5. The van der Waals surface area contributed by atoms with Crippen LogP contribution in [0.4, 0.5) is 0 Å². The smallest absolute Gasteiger partial charge is 0.0235 e. The predicted octanol–water partition coefficient (Wildman–Crippen LogP) is 1.56. The van der Waals surface area contributed by atoms with Crippen molar-refractivity contribution in [1.29, 1.82) is 0 Å². The normalized spacial score (nSPS) is 37.4. The van der Waals surface area contributed by atoms with Gasteiger partial charge in [-0.15, -0.1) is 0 Å². The lowest BCUT2D eigenvalue weighted by atomic mass is 9.90. The Kier molecular flexibility index (Phi) is 8.85. The largest absolute Gasteiger partial charge is 0.316 e. The Morgan fingerprint density at radius 3 is 2.00 bits per heavy atom. The van der Waals surface area contributed by atoms with E-state index < -0.39 is 0 Å².